The molecule has 0 saturated carbocycles. The second-order valence-electron chi connectivity index (χ2n) is 3.33. The van der Waals surface area contributed by atoms with Crippen LogP contribution in [0.25, 0.3) is 5.57 Å². The molecule has 0 amide bonds. The van der Waals surface area contributed by atoms with Crippen molar-refractivity contribution in [3.63, 3.8) is 0 Å². The monoisotopic (exact) mass is 302 g/mol. The summed E-state index contributed by atoms with van der Waals surface area (Å²) in [6, 6.07) is 4.10. The van der Waals surface area contributed by atoms with Crippen molar-refractivity contribution >= 4 is 38.8 Å². The average Bonchev–Trinajstić information content (AvgIpc) is 2.65. The molecule has 0 radical (unpaired) electrons. The van der Waals surface area contributed by atoms with Gasteiger partial charge >= 0.3 is 5.97 Å². The van der Waals surface area contributed by atoms with Gasteiger partial charge in [0.1, 0.15) is 0 Å². The summed E-state index contributed by atoms with van der Waals surface area (Å²) in [5.41, 5.74) is 1.21. The summed E-state index contributed by atoms with van der Waals surface area (Å²) in [4.78, 5) is 12.3. The van der Waals surface area contributed by atoms with E-state index < -0.39 is 0 Å². The van der Waals surface area contributed by atoms with Crippen LogP contribution in [-0.4, -0.2) is 12.6 Å². The highest BCUT2D eigenvalue weighted by Gasteiger charge is 2.02. The van der Waals surface area contributed by atoms with E-state index in [0.717, 1.165) is 10.2 Å². The van der Waals surface area contributed by atoms with Gasteiger partial charge in [0.05, 0.1) is 10.4 Å². The zero-order valence-corrected chi connectivity index (χ0v) is 11.9. The van der Waals surface area contributed by atoms with Gasteiger partial charge < -0.3 is 4.74 Å². The van der Waals surface area contributed by atoms with Gasteiger partial charge in [0, 0.05) is 11.3 Å². The van der Waals surface area contributed by atoms with Crippen LogP contribution in [-0.2, 0) is 9.53 Å². The quantitative estimate of drug-likeness (QED) is 0.760. The number of carbonyl (C=O) groups is 1. The van der Waals surface area contributed by atoms with Gasteiger partial charge in [-0.15, -0.1) is 11.3 Å². The molecule has 0 saturated heterocycles. The first kappa shape index (κ1) is 13.5. The first-order chi connectivity index (χ1) is 7.63. The van der Waals surface area contributed by atoms with Crippen LogP contribution in [0.2, 0.25) is 0 Å². The smallest absolute Gasteiger partial charge is 0.306 e. The predicted octanol–water partition coefficient (Wildman–Crippen LogP) is 4.26. The van der Waals surface area contributed by atoms with Crippen molar-refractivity contribution in [2.75, 3.05) is 6.61 Å². The Balaban J connectivity index is 2.43. The summed E-state index contributed by atoms with van der Waals surface area (Å²) in [5.74, 6) is -0.126. The summed E-state index contributed by atoms with van der Waals surface area (Å²) in [5, 5.41) is 0. The van der Waals surface area contributed by atoms with E-state index in [1.165, 1.54) is 10.5 Å². The van der Waals surface area contributed by atoms with Gasteiger partial charge in [-0.1, -0.05) is 6.08 Å². The molecule has 16 heavy (non-hydrogen) atoms. The SMILES string of the molecule is CCOC(=O)CC/C=C(\C)c1ccc(Br)s1. The zero-order valence-electron chi connectivity index (χ0n) is 9.46. The second-order valence-corrected chi connectivity index (χ2v) is 5.80. The Labute approximate surface area is 108 Å². The largest absolute Gasteiger partial charge is 0.466 e. The molecule has 1 rings (SSSR count). The van der Waals surface area contributed by atoms with E-state index in [1.807, 2.05) is 13.0 Å². The van der Waals surface area contributed by atoms with Crippen LogP contribution in [0.4, 0.5) is 0 Å². The highest BCUT2D eigenvalue weighted by molar-refractivity contribution is 9.11. The third-order valence-electron chi connectivity index (χ3n) is 2.07. The molecule has 0 aliphatic carbocycles. The molecule has 2 nitrogen and oxygen atoms in total. The Kier molecular flexibility index (Phi) is 5.77. The molecule has 0 fully saturated rings. The molecule has 1 heterocycles. The van der Waals surface area contributed by atoms with E-state index in [1.54, 1.807) is 11.3 Å². The Morgan fingerprint density at radius 2 is 2.31 bits per heavy atom. The first-order valence-electron chi connectivity index (χ1n) is 5.21. The van der Waals surface area contributed by atoms with Crippen molar-refractivity contribution in [1.82, 2.24) is 0 Å². The normalized spacial score (nSPS) is 11.6. The Bertz CT molecular complexity index is 382. The number of carbonyl (C=O) groups excluding carboxylic acids is 1. The standard InChI is InChI=1S/C12H15BrO2S/c1-3-15-12(14)6-4-5-9(2)10-7-8-11(13)16-10/h5,7-8H,3-4,6H2,1-2H3/b9-5+. The molecule has 1 aromatic heterocycles. The van der Waals surface area contributed by atoms with Gasteiger partial charge in [-0.25, -0.2) is 0 Å². The Morgan fingerprint density at radius 3 is 2.88 bits per heavy atom. The van der Waals surface area contributed by atoms with Gasteiger partial charge in [0.2, 0.25) is 0 Å². The Hall–Kier alpha value is -0.610. The highest BCUT2D eigenvalue weighted by atomic mass is 79.9. The molecule has 0 aromatic carbocycles. The Morgan fingerprint density at radius 1 is 1.56 bits per heavy atom. The zero-order chi connectivity index (χ0) is 12.0. The fourth-order valence-corrected chi connectivity index (χ4v) is 2.65. The van der Waals surface area contributed by atoms with Crippen LogP contribution in [0.15, 0.2) is 22.0 Å². The van der Waals surface area contributed by atoms with Crippen molar-refractivity contribution in [3.05, 3.63) is 26.9 Å². The van der Waals surface area contributed by atoms with Crippen molar-refractivity contribution < 1.29 is 9.53 Å². The summed E-state index contributed by atoms with van der Waals surface area (Å²) < 4.78 is 5.99. The van der Waals surface area contributed by atoms with Crippen LogP contribution in [0.1, 0.15) is 31.6 Å². The van der Waals surface area contributed by atoms with Crippen molar-refractivity contribution in [3.8, 4) is 0 Å². The molecule has 0 aliphatic rings. The lowest BCUT2D eigenvalue weighted by Crippen LogP contribution is -2.02. The van der Waals surface area contributed by atoms with Crippen LogP contribution >= 0.6 is 27.3 Å². The lowest BCUT2D eigenvalue weighted by atomic mass is 10.2. The third kappa shape index (κ3) is 4.49. The summed E-state index contributed by atoms with van der Waals surface area (Å²) in [6.07, 6.45) is 3.27. The number of thiophene rings is 1. The molecule has 0 aliphatic heterocycles. The van der Waals surface area contributed by atoms with Crippen LogP contribution in [0, 0.1) is 0 Å². The van der Waals surface area contributed by atoms with Gasteiger partial charge in [0.25, 0.3) is 0 Å². The van der Waals surface area contributed by atoms with E-state index in [9.17, 15) is 4.79 Å². The average molecular weight is 303 g/mol. The molecule has 88 valence electrons. The van der Waals surface area contributed by atoms with E-state index in [4.69, 9.17) is 4.74 Å². The summed E-state index contributed by atoms with van der Waals surface area (Å²) in [7, 11) is 0. The number of esters is 1. The molecule has 1 aromatic rings. The minimum absolute atomic E-state index is 0.126. The van der Waals surface area contributed by atoms with Crippen LogP contribution in [0.3, 0.4) is 0 Å². The van der Waals surface area contributed by atoms with E-state index in [-0.39, 0.29) is 5.97 Å². The maximum absolute atomic E-state index is 11.1. The lowest BCUT2D eigenvalue weighted by molar-refractivity contribution is -0.142. The van der Waals surface area contributed by atoms with Crippen molar-refractivity contribution in [2.45, 2.75) is 26.7 Å². The minimum atomic E-state index is -0.126. The van der Waals surface area contributed by atoms with Gasteiger partial charge in [-0.05, 0) is 53.9 Å². The number of rotatable bonds is 5. The minimum Gasteiger partial charge on any atom is -0.466 e. The molecular weight excluding hydrogens is 288 g/mol. The molecule has 0 bridgehead atoms. The molecule has 0 spiro atoms. The van der Waals surface area contributed by atoms with E-state index in [0.29, 0.717) is 13.0 Å². The van der Waals surface area contributed by atoms with E-state index in [2.05, 4.69) is 35.0 Å². The van der Waals surface area contributed by atoms with Crippen molar-refractivity contribution in [2.24, 2.45) is 0 Å². The number of hydrogen-bond donors (Lipinski definition) is 0. The number of halogens is 1. The molecule has 0 unspecified atom stereocenters. The molecule has 4 heteroatoms. The van der Waals surface area contributed by atoms with Crippen LogP contribution in [0.5, 0.6) is 0 Å². The molecule has 0 atom stereocenters. The highest BCUT2D eigenvalue weighted by Crippen LogP contribution is 2.27. The van der Waals surface area contributed by atoms with Gasteiger partial charge in [0.15, 0.2) is 0 Å². The molecular formula is C12H15BrO2S. The number of allylic oxidation sites excluding steroid dienone is 2. The maximum Gasteiger partial charge on any atom is 0.306 e. The van der Waals surface area contributed by atoms with Crippen LogP contribution < -0.4 is 0 Å². The number of ether oxygens (including phenoxy) is 1. The fourth-order valence-electron chi connectivity index (χ4n) is 1.27. The van der Waals surface area contributed by atoms with E-state index >= 15 is 0 Å². The van der Waals surface area contributed by atoms with Gasteiger partial charge in [-0.2, -0.15) is 0 Å². The fraction of sp³-hybridized carbons (Fsp3) is 0.417. The first-order valence-corrected chi connectivity index (χ1v) is 6.82. The third-order valence-corrected chi connectivity index (χ3v) is 3.83. The predicted molar refractivity (Wildman–Crippen MR) is 71.5 cm³/mol. The summed E-state index contributed by atoms with van der Waals surface area (Å²) >= 11 is 5.13. The molecule has 0 N–H and O–H groups in total. The number of hydrogen-bond acceptors (Lipinski definition) is 3. The van der Waals surface area contributed by atoms with Crippen molar-refractivity contribution in [1.29, 1.82) is 0 Å². The second kappa shape index (κ2) is 6.86. The topological polar surface area (TPSA) is 26.3 Å². The van der Waals surface area contributed by atoms with Gasteiger partial charge in [-0.3, -0.25) is 4.79 Å². The lowest BCUT2D eigenvalue weighted by Gasteiger charge is -1.99. The maximum atomic E-state index is 11.1. The summed E-state index contributed by atoms with van der Waals surface area (Å²) in [6.45, 7) is 4.34.